The van der Waals surface area contributed by atoms with Crippen LogP contribution < -0.4 is 10.5 Å². The molecule has 2 rings (SSSR count). The molecule has 0 fully saturated rings. The second-order valence-corrected chi connectivity index (χ2v) is 6.83. The lowest BCUT2D eigenvalue weighted by Gasteiger charge is -2.11. The van der Waals surface area contributed by atoms with Crippen molar-refractivity contribution >= 4 is 15.9 Å². The monoisotopic (exact) mass is 281 g/mol. The summed E-state index contributed by atoms with van der Waals surface area (Å²) in [5.74, 6) is 0.901. The number of hydrogen-bond donors (Lipinski definition) is 2. The minimum Gasteiger partial charge on any atom is -0.326 e. The highest BCUT2D eigenvalue weighted by Gasteiger charge is 2.30. The lowest BCUT2D eigenvalue weighted by atomic mass is 10.0. The lowest BCUT2D eigenvalue weighted by Crippen LogP contribution is -2.28. The van der Waals surface area contributed by atoms with E-state index in [0.717, 1.165) is 6.42 Å². The van der Waals surface area contributed by atoms with E-state index in [0.29, 0.717) is 23.9 Å². The quantitative estimate of drug-likeness (QED) is 0.866. The van der Waals surface area contributed by atoms with E-state index in [2.05, 4.69) is 23.6 Å². The van der Waals surface area contributed by atoms with Gasteiger partial charge in [0.1, 0.15) is 5.84 Å². The molecule has 0 aromatic heterocycles. The molecular formula is C13H19N3O2S. The summed E-state index contributed by atoms with van der Waals surface area (Å²) in [5, 5.41) is 0. The third-order valence-electron chi connectivity index (χ3n) is 2.92. The van der Waals surface area contributed by atoms with Crippen LogP contribution in [0.2, 0.25) is 0 Å². The Labute approximate surface area is 114 Å². The lowest BCUT2D eigenvalue weighted by molar-refractivity contribution is 0.501. The van der Waals surface area contributed by atoms with E-state index in [-0.39, 0.29) is 10.9 Å². The molecule has 1 atom stereocenters. The summed E-state index contributed by atoms with van der Waals surface area (Å²) >= 11 is 0. The highest BCUT2D eigenvalue weighted by Crippen LogP contribution is 2.22. The van der Waals surface area contributed by atoms with Gasteiger partial charge in [-0.25, -0.2) is 8.42 Å². The molecule has 0 spiro atoms. The molecule has 104 valence electrons. The van der Waals surface area contributed by atoms with E-state index in [1.807, 2.05) is 0 Å². The van der Waals surface area contributed by atoms with Gasteiger partial charge < -0.3 is 5.73 Å². The van der Waals surface area contributed by atoms with Gasteiger partial charge in [-0.3, -0.25) is 9.71 Å². The van der Waals surface area contributed by atoms with Gasteiger partial charge in [0.15, 0.2) is 0 Å². The van der Waals surface area contributed by atoms with Crippen LogP contribution in [0.1, 0.15) is 25.8 Å². The summed E-state index contributed by atoms with van der Waals surface area (Å²) in [6.45, 7) is 4.62. The molecule has 19 heavy (non-hydrogen) atoms. The van der Waals surface area contributed by atoms with Gasteiger partial charge in [-0.1, -0.05) is 26.0 Å². The van der Waals surface area contributed by atoms with Crippen LogP contribution in [0.5, 0.6) is 0 Å². The topological polar surface area (TPSA) is 84.5 Å². The first-order valence-electron chi connectivity index (χ1n) is 6.32. The van der Waals surface area contributed by atoms with Crippen molar-refractivity contribution in [1.82, 2.24) is 4.72 Å². The molecule has 1 aromatic rings. The first-order chi connectivity index (χ1) is 8.90. The second-order valence-electron chi connectivity index (χ2n) is 5.18. The van der Waals surface area contributed by atoms with Crippen molar-refractivity contribution in [2.45, 2.75) is 31.2 Å². The zero-order valence-corrected chi connectivity index (χ0v) is 11.9. The van der Waals surface area contributed by atoms with Crippen LogP contribution in [0.25, 0.3) is 0 Å². The Balaban J connectivity index is 2.20. The number of rotatable bonds is 4. The minimum absolute atomic E-state index is 0.0511. The Morgan fingerprint density at radius 3 is 2.68 bits per heavy atom. The number of hydrogen-bond acceptors (Lipinski definition) is 4. The van der Waals surface area contributed by atoms with Crippen molar-refractivity contribution < 1.29 is 8.42 Å². The number of fused-ring (bicyclic) bond motifs is 1. The number of nitrogens with two attached hydrogens (primary N) is 1. The van der Waals surface area contributed by atoms with Crippen LogP contribution in [0.3, 0.4) is 0 Å². The normalized spacial score (nSPS) is 20.3. The third-order valence-corrected chi connectivity index (χ3v) is 4.32. The summed E-state index contributed by atoms with van der Waals surface area (Å²) < 4.78 is 26.2. The van der Waals surface area contributed by atoms with Gasteiger partial charge in [0.2, 0.25) is 0 Å². The van der Waals surface area contributed by atoms with Gasteiger partial charge in [0.05, 0.1) is 11.4 Å². The van der Waals surface area contributed by atoms with E-state index < -0.39 is 10.0 Å². The molecular weight excluding hydrogens is 262 g/mol. The summed E-state index contributed by atoms with van der Waals surface area (Å²) in [6.07, 6.45) is 0.866. The van der Waals surface area contributed by atoms with Gasteiger partial charge >= 0.3 is 0 Å². The average molecular weight is 281 g/mol. The number of amidine groups is 1. The molecule has 6 heteroatoms. The average Bonchev–Trinajstić information content (AvgIpc) is 2.59. The SMILES string of the molecule is CC(C)CC(N)CN=C1NS(=O)(=O)c2ccccc21. The highest BCUT2D eigenvalue weighted by molar-refractivity contribution is 7.90. The molecule has 1 unspecified atom stereocenters. The minimum atomic E-state index is -3.45. The highest BCUT2D eigenvalue weighted by atomic mass is 32.2. The number of nitrogens with one attached hydrogen (secondary N) is 1. The fourth-order valence-electron chi connectivity index (χ4n) is 2.14. The van der Waals surface area contributed by atoms with Crippen molar-refractivity contribution in [2.75, 3.05) is 6.54 Å². The van der Waals surface area contributed by atoms with Crippen LogP contribution in [0.4, 0.5) is 0 Å². The number of nitrogens with zero attached hydrogens (tertiary/aromatic N) is 1. The number of sulfonamides is 1. The molecule has 1 aliphatic rings. The first-order valence-corrected chi connectivity index (χ1v) is 7.80. The number of aliphatic imine (C=N–C) groups is 1. The Morgan fingerprint density at radius 1 is 1.32 bits per heavy atom. The first kappa shape index (κ1) is 14.0. The van der Waals surface area contributed by atoms with E-state index >= 15 is 0 Å². The molecule has 1 aliphatic heterocycles. The molecule has 0 saturated carbocycles. The van der Waals surface area contributed by atoms with Crippen LogP contribution >= 0.6 is 0 Å². The molecule has 3 N–H and O–H groups in total. The maximum Gasteiger partial charge on any atom is 0.263 e. The van der Waals surface area contributed by atoms with Crippen molar-refractivity contribution in [1.29, 1.82) is 0 Å². The maximum absolute atomic E-state index is 11.9. The predicted molar refractivity (Wildman–Crippen MR) is 75.6 cm³/mol. The van der Waals surface area contributed by atoms with Crippen LogP contribution in [-0.4, -0.2) is 26.8 Å². The standard InChI is InChI=1S/C13H19N3O2S/c1-9(2)7-10(14)8-15-13-11-5-3-4-6-12(11)19(17,18)16-13/h3-6,9-10H,7-8,14H2,1-2H3,(H,15,16). The van der Waals surface area contributed by atoms with Gasteiger partial charge in [0, 0.05) is 11.6 Å². The molecule has 0 aliphatic carbocycles. The largest absolute Gasteiger partial charge is 0.326 e. The Morgan fingerprint density at radius 2 is 2.00 bits per heavy atom. The van der Waals surface area contributed by atoms with Gasteiger partial charge in [-0.2, -0.15) is 0 Å². The summed E-state index contributed by atoms with van der Waals surface area (Å²) in [7, 11) is -3.45. The van der Waals surface area contributed by atoms with Crippen LogP contribution in [0, 0.1) is 5.92 Å². The van der Waals surface area contributed by atoms with Gasteiger partial charge in [0.25, 0.3) is 10.0 Å². The molecule has 0 bridgehead atoms. The van der Waals surface area contributed by atoms with E-state index in [9.17, 15) is 8.42 Å². The molecule has 0 amide bonds. The van der Waals surface area contributed by atoms with E-state index in [1.165, 1.54) is 0 Å². The molecule has 1 heterocycles. The van der Waals surface area contributed by atoms with Gasteiger partial charge in [-0.15, -0.1) is 0 Å². The summed E-state index contributed by atoms with van der Waals surface area (Å²) in [6, 6.07) is 6.77. The Hall–Kier alpha value is -1.40. The van der Waals surface area contributed by atoms with Crippen LogP contribution in [0.15, 0.2) is 34.2 Å². The molecule has 1 aromatic carbocycles. The summed E-state index contributed by atoms with van der Waals surface area (Å²) in [4.78, 5) is 4.60. The zero-order chi connectivity index (χ0) is 14.0. The maximum atomic E-state index is 11.9. The molecule has 5 nitrogen and oxygen atoms in total. The second kappa shape index (κ2) is 5.30. The Kier molecular flexibility index (Phi) is 3.91. The summed E-state index contributed by atoms with van der Waals surface area (Å²) in [5.41, 5.74) is 6.58. The van der Waals surface area contributed by atoms with Crippen molar-refractivity contribution in [2.24, 2.45) is 16.6 Å². The fourth-order valence-corrected chi connectivity index (χ4v) is 3.39. The predicted octanol–water partition coefficient (Wildman–Crippen LogP) is 1.10. The molecule has 0 saturated heterocycles. The van der Waals surface area contributed by atoms with Crippen molar-refractivity contribution in [3.63, 3.8) is 0 Å². The Bertz CT molecular complexity index is 594. The number of benzene rings is 1. The van der Waals surface area contributed by atoms with Crippen LogP contribution in [-0.2, 0) is 10.0 Å². The third kappa shape index (κ3) is 3.13. The smallest absolute Gasteiger partial charge is 0.263 e. The fraction of sp³-hybridized carbons (Fsp3) is 0.462. The van der Waals surface area contributed by atoms with Gasteiger partial charge in [-0.05, 0) is 24.5 Å². The zero-order valence-electron chi connectivity index (χ0n) is 11.1. The van der Waals surface area contributed by atoms with E-state index in [4.69, 9.17) is 5.73 Å². The van der Waals surface area contributed by atoms with Crippen molar-refractivity contribution in [3.05, 3.63) is 29.8 Å². The molecule has 0 radical (unpaired) electrons. The van der Waals surface area contributed by atoms with Crippen molar-refractivity contribution in [3.8, 4) is 0 Å². The van der Waals surface area contributed by atoms with E-state index in [1.54, 1.807) is 24.3 Å².